The van der Waals surface area contributed by atoms with Gasteiger partial charge in [0.2, 0.25) is 0 Å². The molecule has 1 heterocycles. The number of hydrogen-bond donors (Lipinski definition) is 1. The summed E-state index contributed by atoms with van der Waals surface area (Å²) in [4.78, 5) is 4.55. The van der Waals surface area contributed by atoms with Crippen molar-refractivity contribution in [1.29, 1.82) is 5.26 Å². The Morgan fingerprint density at radius 2 is 2.20 bits per heavy atom. The molecule has 0 fully saturated rings. The summed E-state index contributed by atoms with van der Waals surface area (Å²) in [5.41, 5.74) is 1.44. The van der Waals surface area contributed by atoms with Crippen molar-refractivity contribution in [1.82, 2.24) is 14.8 Å². The molecule has 0 spiro atoms. The lowest BCUT2D eigenvalue weighted by molar-refractivity contribution is 0.269. The normalized spacial score (nSPS) is 10.8. The number of hydrogen-bond acceptors (Lipinski definition) is 4. The Morgan fingerprint density at radius 3 is 2.85 bits per heavy atom. The first-order chi connectivity index (χ1) is 9.63. The largest absolute Gasteiger partial charge is 0.394 e. The molecule has 0 aliphatic carbocycles. The molecule has 20 heavy (non-hydrogen) atoms. The molecule has 0 saturated carbocycles. The smallest absolute Gasteiger partial charge is 0.158 e. The minimum atomic E-state index is 0.00934. The number of benzene rings is 1. The summed E-state index contributed by atoms with van der Waals surface area (Å²) in [6.07, 6.45) is 0.795. The van der Waals surface area contributed by atoms with E-state index in [1.54, 1.807) is 16.8 Å². The van der Waals surface area contributed by atoms with Gasteiger partial charge < -0.3 is 5.11 Å². The van der Waals surface area contributed by atoms with E-state index in [2.05, 4.69) is 30.0 Å². The summed E-state index contributed by atoms with van der Waals surface area (Å²) in [7, 11) is 0. The van der Waals surface area contributed by atoms with Crippen LogP contribution < -0.4 is 0 Å². The molecule has 0 atom stereocenters. The molecule has 1 N–H and O–H groups in total. The highest BCUT2D eigenvalue weighted by molar-refractivity contribution is 5.58. The van der Waals surface area contributed by atoms with Gasteiger partial charge in [0.25, 0.3) is 0 Å². The highest BCUT2D eigenvalue weighted by Gasteiger charge is 2.13. The first-order valence-electron chi connectivity index (χ1n) is 6.69. The van der Waals surface area contributed by atoms with Crippen LogP contribution in [0.2, 0.25) is 0 Å². The number of rotatable bonds is 5. The van der Waals surface area contributed by atoms with Gasteiger partial charge in [-0.3, -0.25) is 0 Å². The zero-order valence-electron chi connectivity index (χ0n) is 11.7. The van der Waals surface area contributed by atoms with Crippen molar-refractivity contribution in [2.75, 3.05) is 6.61 Å². The number of aromatic nitrogens is 3. The molecule has 0 radical (unpaired) electrons. The van der Waals surface area contributed by atoms with E-state index in [9.17, 15) is 0 Å². The predicted octanol–water partition coefficient (Wildman–Crippen LogP) is 2.01. The van der Waals surface area contributed by atoms with Crippen molar-refractivity contribution >= 4 is 0 Å². The number of nitrogens with zero attached hydrogens (tertiary/aromatic N) is 4. The Labute approximate surface area is 118 Å². The Hall–Kier alpha value is -2.19. The van der Waals surface area contributed by atoms with Gasteiger partial charge in [-0.05, 0) is 18.1 Å². The van der Waals surface area contributed by atoms with Crippen molar-refractivity contribution in [2.45, 2.75) is 26.8 Å². The molecule has 0 bridgehead atoms. The molecule has 5 nitrogen and oxygen atoms in total. The topological polar surface area (TPSA) is 74.7 Å². The lowest BCUT2D eigenvalue weighted by atomic mass is 10.1. The zero-order chi connectivity index (χ0) is 14.5. The summed E-state index contributed by atoms with van der Waals surface area (Å²) in [5, 5.41) is 22.5. The van der Waals surface area contributed by atoms with E-state index in [1.807, 2.05) is 12.1 Å². The van der Waals surface area contributed by atoms with Gasteiger partial charge >= 0.3 is 0 Å². The second-order valence-electron chi connectivity index (χ2n) is 5.09. The number of nitriles is 1. The third kappa shape index (κ3) is 3.22. The van der Waals surface area contributed by atoms with Gasteiger partial charge in [0, 0.05) is 12.0 Å². The fourth-order valence-corrected chi connectivity index (χ4v) is 2.03. The van der Waals surface area contributed by atoms with Crippen molar-refractivity contribution in [3.63, 3.8) is 0 Å². The second-order valence-corrected chi connectivity index (χ2v) is 5.09. The van der Waals surface area contributed by atoms with Crippen molar-refractivity contribution in [3.05, 3.63) is 35.7 Å². The maximum Gasteiger partial charge on any atom is 0.158 e. The highest BCUT2D eigenvalue weighted by atomic mass is 16.3. The third-order valence-corrected chi connectivity index (χ3v) is 2.87. The summed E-state index contributed by atoms with van der Waals surface area (Å²) in [5.74, 6) is 1.94. The summed E-state index contributed by atoms with van der Waals surface area (Å²) in [6.45, 7) is 4.64. The molecule has 2 aromatic rings. The highest BCUT2D eigenvalue weighted by Crippen LogP contribution is 2.19. The number of aliphatic hydroxyl groups excluding tert-OH is 1. The molecule has 0 aliphatic heterocycles. The molecular formula is C15H18N4O. The minimum absolute atomic E-state index is 0.00934. The maximum atomic E-state index is 9.14. The zero-order valence-corrected chi connectivity index (χ0v) is 11.7. The minimum Gasteiger partial charge on any atom is -0.394 e. The van der Waals surface area contributed by atoms with E-state index in [0.717, 1.165) is 17.8 Å². The summed E-state index contributed by atoms with van der Waals surface area (Å²) < 4.78 is 1.70. The number of aliphatic hydroxyl groups is 1. The van der Waals surface area contributed by atoms with E-state index in [1.165, 1.54) is 0 Å². The van der Waals surface area contributed by atoms with E-state index in [4.69, 9.17) is 10.4 Å². The molecule has 1 aromatic carbocycles. The van der Waals surface area contributed by atoms with Crippen molar-refractivity contribution in [3.8, 4) is 17.5 Å². The fourth-order valence-electron chi connectivity index (χ4n) is 2.03. The van der Waals surface area contributed by atoms with Gasteiger partial charge in [0.15, 0.2) is 11.6 Å². The molecule has 0 amide bonds. The van der Waals surface area contributed by atoms with Crippen LogP contribution in [-0.4, -0.2) is 26.5 Å². The van der Waals surface area contributed by atoms with Gasteiger partial charge in [-0.2, -0.15) is 10.4 Å². The fraction of sp³-hybridized carbons (Fsp3) is 0.400. The van der Waals surface area contributed by atoms with Crippen LogP contribution in [0, 0.1) is 17.2 Å². The van der Waals surface area contributed by atoms with E-state index < -0.39 is 0 Å². The van der Waals surface area contributed by atoms with Crippen LogP contribution in [0.1, 0.15) is 25.2 Å². The maximum absolute atomic E-state index is 9.14. The van der Waals surface area contributed by atoms with Crippen molar-refractivity contribution < 1.29 is 5.11 Å². The van der Waals surface area contributed by atoms with E-state index in [0.29, 0.717) is 23.9 Å². The van der Waals surface area contributed by atoms with Crippen LogP contribution in [0.4, 0.5) is 0 Å². The Kier molecular flexibility index (Phi) is 4.49. The molecule has 5 heteroatoms. The van der Waals surface area contributed by atoms with Crippen LogP contribution >= 0.6 is 0 Å². The second kappa shape index (κ2) is 6.31. The summed E-state index contributed by atoms with van der Waals surface area (Å²) in [6, 6.07) is 9.39. The Bertz CT molecular complexity index is 625. The first-order valence-corrected chi connectivity index (χ1v) is 6.69. The third-order valence-electron chi connectivity index (χ3n) is 2.87. The predicted molar refractivity (Wildman–Crippen MR) is 75.8 cm³/mol. The average Bonchev–Trinajstić information content (AvgIpc) is 2.81. The van der Waals surface area contributed by atoms with Gasteiger partial charge in [-0.1, -0.05) is 26.0 Å². The van der Waals surface area contributed by atoms with E-state index in [-0.39, 0.29) is 6.61 Å². The van der Waals surface area contributed by atoms with E-state index >= 15 is 0 Å². The lowest BCUT2D eigenvalue weighted by Gasteiger charge is -2.03. The molecular weight excluding hydrogens is 252 g/mol. The molecule has 2 rings (SSSR count). The molecule has 0 unspecified atom stereocenters. The van der Waals surface area contributed by atoms with Gasteiger partial charge in [-0.15, -0.1) is 0 Å². The van der Waals surface area contributed by atoms with Crippen LogP contribution in [0.5, 0.6) is 0 Å². The van der Waals surface area contributed by atoms with Crippen LogP contribution in [0.25, 0.3) is 11.4 Å². The van der Waals surface area contributed by atoms with Gasteiger partial charge in [0.05, 0.1) is 24.8 Å². The SMILES string of the molecule is CC(C)Cc1nc(-c2cccc(C#N)c2)n(CCO)n1. The summed E-state index contributed by atoms with van der Waals surface area (Å²) >= 11 is 0. The van der Waals surface area contributed by atoms with Crippen LogP contribution in [0.15, 0.2) is 24.3 Å². The van der Waals surface area contributed by atoms with Crippen LogP contribution in [-0.2, 0) is 13.0 Å². The quantitative estimate of drug-likeness (QED) is 0.901. The Balaban J connectivity index is 2.42. The standard InChI is InChI=1S/C15H18N4O/c1-11(2)8-14-17-15(19(18-14)6-7-20)13-5-3-4-12(9-13)10-16/h3-5,9,11,20H,6-8H2,1-2H3. The molecule has 1 aromatic heterocycles. The average molecular weight is 270 g/mol. The molecule has 0 aliphatic rings. The van der Waals surface area contributed by atoms with Gasteiger partial charge in [-0.25, -0.2) is 9.67 Å². The molecule has 104 valence electrons. The monoisotopic (exact) mass is 270 g/mol. The molecule has 0 saturated heterocycles. The Morgan fingerprint density at radius 1 is 1.40 bits per heavy atom. The van der Waals surface area contributed by atoms with Crippen molar-refractivity contribution in [2.24, 2.45) is 5.92 Å². The van der Waals surface area contributed by atoms with Gasteiger partial charge in [0.1, 0.15) is 0 Å². The van der Waals surface area contributed by atoms with Crippen LogP contribution in [0.3, 0.4) is 0 Å². The lowest BCUT2D eigenvalue weighted by Crippen LogP contribution is -2.06. The first kappa shape index (κ1) is 14.2.